The van der Waals surface area contributed by atoms with Crippen LogP contribution >= 0.6 is 0 Å². The Labute approximate surface area is 213 Å². The first-order valence-electron chi connectivity index (χ1n) is 11.6. The molecule has 1 atom stereocenters. The summed E-state index contributed by atoms with van der Waals surface area (Å²) >= 11 is 0. The zero-order valence-electron chi connectivity index (χ0n) is 20.5. The van der Waals surface area contributed by atoms with Crippen LogP contribution in [-0.4, -0.2) is 55.7 Å². The van der Waals surface area contributed by atoms with Gasteiger partial charge in [0.2, 0.25) is 5.95 Å². The summed E-state index contributed by atoms with van der Waals surface area (Å²) in [5.74, 6) is -0.200. The Balaban J connectivity index is 1.44. The van der Waals surface area contributed by atoms with Gasteiger partial charge in [-0.25, -0.2) is 14.6 Å². The van der Waals surface area contributed by atoms with Crippen LogP contribution in [0.2, 0.25) is 0 Å². The molecule has 0 aliphatic carbocycles. The van der Waals surface area contributed by atoms with Gasteiger partial charge in [-0.15, -0.1) is 5.10 Å². The zero-order valence-corrected chi connectivity index (χ0v) is 20.5. The molecule has 188 valence electrons. The Morgan fingerprint density at radius 1 is 1.08 bits per heavy atom. The molecule has 0 amide bonds. The second-order valence-electron chi connectivity index (χ2n) is 8.37. The van der Waals surface area contributed by atoms with Crippen LogP contribution in [0.4, 0.5) is 5.95 Å². The van der Waals surface area contributed by atoms with Gasteiger partial charge in [0.1, 0.15) is 11.8 Å². The number of methoxy groups -OCH3 is 1. The molecule has 0 saturated heterocycles. The Kier molecular flexibility index (Phi) is 8.12. The number of anilines is 1. The highest BCUT2D eigenvalue weighted by Gasteiger charge is 2.13. The van der Waals surface area contributed by atoms with E-state index in [1.807, 2.05) is 24.3 Å². The van der Waals surface area contributed by atoms with E-state index in [4.69, 9.17) is 15.2 Å². The first kappa shape index (κ1) is 25.4. The third-order valence-corrected chi connectivity index (χ3v) is 5.34. The number of carbonyl (C=O) groups is 1. The van der Waals surface area contributed by atoms with Crippen LogP contribution in [0, 0.1) is 11.3 Å². The van der Waals surface area contributed by atoms with Crippen LogP contribution in [0.1, 0.15) is 30.3 Å². The summed E-state index contributed by atoms with van der Waals surface area (Å²) in [4.78, 5) is 25.2. The fourth-order valence-corrected chi connectivity index (χ4v) is 3.69. The first-order valence-corrected chi connectivity index (χ1v) is 11.6. The summed E-state index contributed by atoms with van der Waals surface area (Å²) in [5, 5.41) is 17.6. The van der Waals surface area contributed by atoms with E-state index in [0.29, 0.717) is 42.2 Å². The van der Waals surface area contributed by atoms with Crippen molar-refractivity contribution in [2.45, 2.75) is 32.4 Å². The summed E-state index contributed by atoms with van der Waals surface area (Å²) in [6.45, 7) is 2.53. The van der Waals surface area contributed by atoms with Gasteiger partial charge in [-0.1, -0.05) is 23.4 Å². The molecule has 0 aliphatic heterocycles. The molecule has 0 aliphatic rings. The lowest BCUT2D eigenvalue weighted by Gasteiger charge is -2.12. The van der Waals surface area contributed by atoms with Gasteiger partial charge in [0, 0.05) is 24.8 Å². The fraction of sp³-hybridized carbons (Fsp3) is 0.269. The number of nitrogens with zero attached hydrogens (tertiary/aromatic N) is 7. The maximum absolute atomic E-state index is 12.0. The zero-order chi connectivity index (χ0) is 26.2. The van der Waals surface area contributed by atoms with Crippen molar-refractivity contribution < 1.29 is 14.3 Å². The van der Waals surface area contributed by atoms with Crippen molar-refractivity contribution >= 4 is 11.9 Å². The van der Waals surface area contributed by atoms with Gasteiger partial charge in [-0.05, 0) is 37.3 Å². The van der Waals surface area contributed by atoms with E-state index in [1.165, 1.54) is 0 Å². The van der Waals surface area contributed by atoms with E-state index < -0.39 is 0 Å². The van der Waals surface area contributed by atoms with Gasteiger partial charge in [0.15, 0.2) is 0 Å². The highest BCUT2D eigenvalue weighted by Crippen LogP contribution is 2.24. The Morgan fingerprint density at radius 3 is 2.68 bits per heavy atom. The van der Waals surface area contributed by atoms with Gasteiger partial charge in [-0.3, -0.25) is 9.78 Å². The van der Waals surface area contributed by atoms with Gasteiger partial charge < -0.3 is 15.2 Å². The lowest BCUT2D eigenvalue weighted by molar-refractivity contribution is -0.150. The molecule has 0 spiro atoms. The minimum Gasteiger partial charge on any atom is -0.460 e. The predicted molar refractivity (Wildman–Crippen MR) is 135 cm³/mol. The molecule has 11 nitrogen and oxygen atoms in total. The normalized spacial score (nSPS) is 11.6. The molecule has 0 fully saturated rings. The fourth-order valence-electron chi connectivity index (χ4n) is 3.69. The van der Waals surface area contributed by atoms with Crippen LogP contribution < -0.4 is 5.73 Å². The molecular formula is C26H26N8O3. The number of benzene rings is 1. The van der Waals surface area contributed by atoms with Gasteiger partial charge in [0.25, 0.3) is 0 Å². The van der Waals surface area contributed by atoms with Crippen molar-refractivity contribution in [3.63, 3.8) is 0 Å². The van der Waals surface area contributed by atoms with Crippen molar-refractivity contribution in [3.05, 3.63) is 71.7 Å². The summed E-state index contributed by atoms with van der Waals surface area (Å²) in [7, 11) is 1.56. The van der Waals surface area contributed by atoms with Crippen LogP contribution in [0.3, 0.4) is 0 Å². The number of nitrogens with two attached hydrogens (primary N) is 1. The number of carbonyl (C=O) groups excluding carboxylic acids is 1. The second-order valence-corrected chi connectivity index (χ2v) is 8.37. The van der Waals surface area contributed by atoms with Crippen LogP contribution in [-0.2, 0) is 27.2 Å². The number of aromatic nitrogens is 6. The lowest BCUT2D eigenvalue weighted by Crippen LogP contribution is -2.20. The smallest absolute Gasteiger partial charge is 0.306 e. The van der Waals surface area contributed by atoms with Gasteiger partial charge in [0.05, 0.1) is 54.5 Å². The number of nitriles is 1. The third kappa shape index (κ3) is 6.93. The maximum Gasteiger partial charge on any atom is 0.306 e. The molecule has 0 saturated carbocycles. The second kappa shape index (κ2) is 11.8. The Hall–Kier alpha value is -4.69. The van der Waals surface area contributed by atoms with Crippen LogP contribution in [0.25, 0.3) is 22.6 Å². The predicted octanol–water partition coefficient (Wildman–Crippen LogP) is 2.81. The molecule has 37 heavy (non-hydrogen) atoms. The maximum atomic E-state index is 12.0. The van der Waals surface area contributed by atoms with E-state index >= 15 is 0 Å². The van der Waals surface area contributed by atoms with Crippen LogP contribution in [0.5, 0.6) is 0 Å². The Morgan fingerprint density at radius 2 is 1.86 bits per heavy atom. The highest BCUT2D eigenvalue weighted by atomic mass is 16.6. The summed E-state index contributed by atoms with van der Waals surface area (Å²) in [6.07, 6.45) is 2.15. The Bertz CT molecular complexity index is 1430. The number of esters is 1. The number of hydrogen-bond acceptors (Lipinski definition) is 10. The molecular weight excluding hydrogens is 472 g/mol. The molecule has 1 unspecified atom stereocenters. The average molecular weight is 499 g/mol. The van der Waals surface area contributed by atoms with Crippen molar-refractivity contribution in [2.24, 2.45) is 0 Å². The standard InChI is InChI=1S/C26H26N8O3/c1-17(16-36-2)37-25(35)10-9-20-7-4-8-21(29-20)14-34-15-24(32-33-34)23-12-22(30-26(28)31-23)19-6-3-5-18(11-19)13-27/h3-8,11-12,15,17H,9-10,14,16H2,1-2H3,(H2,28,30,31). The number of hydrogen-bond donors (Lipinski definition) is 1. The van der Waals surface area contributed by atoms with Crippen molar-refractivity contribution in [1.29, 1.82) is 5.26 Å². The van der Waals surface area contributed by atoms with E-state index in [1.54, 1.807) is 49.2 Å². The number of aryl methyl sites for hydroxylation is 1. The minimum absolute atomic E-state index is 0.0916. The van der Waals surface area contributed by atoms with Gasteiger partial charge in [-0.2, -0.15) is 5.26 Å². The largest absolute Gasteiger partial charge is 0.460 e. The number of ether oxygens (including phenoxy) is 2. The van der Waals surface area contributed by atoms with E-state index in [0.717, 1.165) is 17.0 Å². The first-order chi connectivity index (χ1) is 17.9. The molecule has 11 heteroatoms. The van der Waals surface area contributed by atoms with Crippen molar-refractivity contribution in [1.82, 2.24) is 29.9 Å². The third-order valence-electron chi connectivity index (χ3n) is 5.34. The molecule has 1 aromatic carbocycles. The van der Waals surface area contributed by atoms with Crippen molar-refractivity contribution in [2.75, 3.05) is 19.5 Å². The molecule has 0 radical (unpaired) electrons. The van der Waals surface area contributed by atoms with Gasteiger partial charge >= 0.3 is 5.97 Å². The lowest BCUT2D eigenvalue weighted by atomic mass is 10.1. The summed E-state index contributed by atoms with van der Waals surface area (Å²) in [5.41, 5.74) is 10.4. The van der Waals surface area contributed by atoms with Crippen molar-refractivity contribution in [3.8, 4) is 28.7 Å². The summed E-state index contributed by atoms with van der Waals surface area (Å²) in [6, 6.07) is 16.6. The molecule has 2 N–H and O–H groups in total. The molecule has 0 bridgehead atoms. The van der Waals surface area contributed by atoms with Crippen LogP contribution in [0.15, 0.2) is 54.7 Å². The van der Waals surface area contributed by atoms with E-state index in [2.05, 4.69) is 31.3 Å². The monoisotopic (exact) mass is 498 g/mol. The summed E-state index contributed by atoms with van der Waals surface area (Å²) < 4.78 is 11.9. The molecule has 3 heterocycles. The number of rotatable bonds is 10. The SMILES string of the molecule is COCC(C)OC(=O)CCc1cccc(Cn2cc(-c3cc(-c4cccc(C#N)c4)nc(N)n3)nn2)n1. The highest BCUT2D eigenvalue weighted by molar-refractivity contribution is 5.70. The van der Waals surface area contributed by atoms with E-state index in [9.17, 15) is 10.1 Å². The topological polar surface area (TPSA) is 155 Å². The molecule has 4 aromatic rings. The number of pyridine rings is 1. The molecule has 3 aromatic heterocycles. The minimum atomic E-state index is -0.291. The van der Waals surface area contributed by atoms with E-state index in [-0.39, 0.29) is 24.4 Å². The average Bonchev–Trinajstić information content (AvgIpc) is 3.36. The number of nitrogen functional groups attached to an aromatic ring is 1. The molecule has 4 rings (SSSR count). The quantitative estimate of drug-likeness (QED) is 0.323.